The summed E-state index contributed by atoms with van der Waals surface area (Å²) < 4.78 is 19.0. The number of likely N-dealkylation sites (tertiary alicyclic amines) is 2. The first-order valence-electron chi connectivity index (χ1n) is 17.5. The molecule has 49 heavy (non-hydrogen) atoms. The standard InChI is InChI=1S/C39H51N5O4.H2O/c1-5-48-24-23-44-34-14-10-9-13-33(34)41-38(44)40-32-15-19-42(20-16-32)21-17-39(27-30-11-7-6-8-12-30)18-22-43(28-39)37(45)31-25-29(2)36(47-4)35(26-31)46-3;/h6-14,25-26,32H,5,15-24,27-28H2,1-4H3,(H,40,41);1H2. The Bertz CT molecular complexity index is 1670. The highest BCUT2D eigenvalue weighted by Crippen LogP contribution is 2.40. The molecule has 2 aliphatic heterocycles. The summed E-state index contributed by atoms with van der Waals surface area (Å²) in [5, 5.41) is 3.79. The van der Waals surface area contributed by atoms with Crippen molar-refractivity contribution in [3.05, 3.63) is 83.4 Å². The minimum atomic E-state index is 0. The number of rotatable bonds is 14. The number of para-hydroxylation sites is 2. The van der Waals surface area contributed by atoms with Crippen LogP contribution in [0.1, 0.15) is 54.1 Å². The van der Waals surface area contributed by atoms with Crippen LogP contribution in [0, 0.1) is 12.3 Å². The van der Waals surface area contributed by atoms with Gasteiger partial charge in [0, 0.05) is 50.9 Å². The number of carbonyl (C=O) groups is 1. The zero-order valence-corrected chi connectivity index (χ0v) is 29.5. The smallest absolute Gasteiger partial charge is 0.254 e. The number of anilines is 1. The summed E-state index contributed by atoms with van der Waals surface area (Å²) in [6.45, 7) is 10.8. The number of hydrogen-bond acceptors (Lipinski definition) is 7. The molecule has 1 aromatic heterocycles. The number of fused-ring (bicyclic) bond motifs is 1. The summed E-state index contributed by atoms with van der Waals surface area (Å²) in [5.41, 5.74) is 5.08. The Labute approximate surface area is 290 Å². The Morgan fingerprint density at radius 1 is 0.980 bits per heavy atom. The summed E-state index contributed by atoms with van der Waals surface area (Å²) in [6.07, 6.45) is 5.17. The number of imidazole rings is 1. The van der Waals surface area contributed by atoms with Gasteiger partial charge in [0.1, 0.15) is 0 Å². The van der Waals surface area contributed by atoms with Crippen molar-refractivity contribution in [1.29, 1.82) is 0 Å². The van der Waals surface area contributed by atoms with E-state index in [0.717, 1.165) is 93.9 Å². The zero-order chi connectivity index (χ0) is 33.5. The number of methoxy groups -OCH3 is 2. The molecule has 3 aromatic carbocycles. The van der Waals surface area contributed by atoms with Gasteiger partial charge in [0.2, 0.25) is 5.95 Å². The number of aromatic nitrogens is 2. The molecule has 0 spiro atoms. The van der Waals surface area contributed by atoms with Gasteiger partial charge in [0.05, 0.1) is 31.9 Å². The quantitative estimate of drug-likeness (QED) is 0.173. The minimum absolute atomic E-state index is 0. The predicted octanol–water partition coefficient (Wildman–Crippen LogP) is 5.62. The average Bonchev–Trinajstić information content (AvgIpc) is 3.69. The van der Waals surface area contributed by atoms with Crippen LogP contribution in [0.25, 0.3) is 11.0 Å². The van der Waals surface area contributed by atoms with Gasteiger partial charge in [-0.25, -0.2) is 4.98 Å². The number of carbonyl (C=O) groups excluding carboxylic acids is 1. The fourth-order valence-electron chi connectivity index (χ4n) is 7.63. The molecule has 0 saturated carbocycles. The highest BCUT2D eigenvalue weighted by Gasteiger charge is 2.40. The molecule has 3 N–H and O–H groups in total. The van der Waals surface area contributed by atoms with E-state index in [-0.39, 0.29) is 16.8 Å². The zero-order valence-electron chi connectivity index (χ0n) is 29.5. The maximum Gasteiger partial charge on any atom is 0.254 e. The van der Waals surface area contributed by atoms with Crippen LogP contribution in [-0.4, -0.2) is 96.9 Å². The van der Waals surface area contributed by atoms with Crippen molar-refractivity contribution in [3.8, 4) is 11.5 Å². The summed E-state index contributed by atoms with van der Waals surface area (Å²) in [5.74, 6) is 2.27. The third kappa shape index (κ3) is 8.37. The molecule has 4 aromatic rings. The van der Waals surface area contributed by atoms with Gasteiger partial charge in [-0.2, -0.15) is 0 Å². The Kier molecular flexibility index (Phi) is 12.2. The molecular weight excluding hydrogens is 618 g/mol. The molecular formula is C39H53N5O5. The number of benzene rings is 3. The van der Waals surface area contributed by atoms with Crippen LogP contribution >= 0.6 is 0 Å². The number of amides is 1. The van der Waals surface area contributed by atoms with Crippen molar-refractivity contribution in [1.82, 2.24) is 19.4 Å². The lowest BCUT2D eigenvalue weighted by Crippen LogP contribution is -2.42. The number of nitrogens with one attached hydrogen (secondary N) is 1. The van der Waals surface area contributed by atoms with Crippen LogP contribution < -0.4 is 14.8 Å². The van der Waals surface area contributed by atoms with Gasteiger partial charge in [0.25, 0.3) is 5.91 Å². The molecule has 2 aliphatic rings. The van der Waals surface area contributed by atoms with Crippen LogP contribution in [0.4, 0.5) is 5.95 Å². The molecule has 1 unspecified atom stereocenters. The molecule has 10 nitrogen and oxygen atoms in total. The number of piperidine rings is 1. The van der Waals surface area contributed by atoms with E-state index in [1.807, 2.05) is 32.0 Å². The lowest BCUT2D eigenvalue weighted by atomic mass is 9.77. The lowest BCUT2D eigenvalue weighted by molar-refractivity contribution is 0.0763. The molecule has 0 radical (unpaired) electrons. The highest BCUT2D eigenvalue weighted by molar-refractivity contribution is 5.95. The maximum absolute atomic E-state index is 13.9. The predicted molar refractivity (Wildman–Crippen MR) is 195 cm³/mol. The van der Waals surface area contributed by atoms with E-state index in [2.05, 4.69) is 68.2 Å². The second-order valence-electron chi connectivity index (χ2n) is 13.5. The Balaban J connectivity index is 0.00000468. The number of hydrogen-bond donors (Lipinski definition) is 1. The Morgan fingerprint density at radius 3 is 2.47 bits per heavy atom. The van der Waals surface area contributed by atoms with Crippen molar-refractivity contribution < 1.29 is 24.5 Å². The van der Waals surface area contributed by atoms with Gasteiger partial charge in [-0.3, -0.25) is 4.79 Å². The normalized spacial score (nSPS) is 18.4. The van der Waals surface area contributed by atoms with Gasteiger partial charge in [-0.15, -0.1) is 0 Å². The molecule has 10 heteroatoms. The molecule has 0 aliphatic carbocycles. The van der Waals surface area contributed by atoms with E-state index >= 15 is 0 Å². The second-order valence-corrected chi connectivity index (χ2v) is 13.5. The van der Waals surface area contributed by atoms with E-state index in [0.29, 0.717) is 36.3 Å². The van der Waals surface area contributed by atoms with E-state index in [1.165, 1.54) is 5.56 Å². The molecule has 264 valence electrons. The van der Waals surface area contributed by atoms with Gasteiger partial charge in [-0.05, 0) is 93.3 Å². The summed E-state index contributed by atoms with van der Waals surface area (Å²) >= 11 is 0. The van der Waals surface area contributed by atoms with Crippen molar-refractivity contribution >= 4 is 22.9 Å². The summed E-state index contributed by atoms with van der Waals surface area (Å²) in [7, 11) is 3.25. The second kappa shape index (κ2) is 16.5. The first kappa shape index (κ1) is 36.2. The highest BCUT2D eigenvalue weighted by atomic mass is 16.5. The monoisotopic (exact) mass is 671 g/mol. The number of nitrogens with zero attached hydrogens (tertiary/aromatic N) is 4. The van der Waals surface area contributed by atoms with E-state index in [4.69, 9.17) is 19.2 Å². The Hall–Kier alpha value is -4.12. The largest absolute Gasteiger partial charge is 0.493 e. The number of aryl methyl sites for hydroxylation is 1. The van der Waals surface area contributed by atoms with Crippen LogP contribution in [-0.2, 0) is 17.7 Å². The van der Waals surface area contributed by atoms with E-state index in [9.17, 15) is 4.79 Å². The van der Waals surface area contributed by atoms with Crippen LogP contribution in [0.3, 0.4) is 0 Å². The molecule has 6 rings (SSSR count). The van der Waals surface area contributed by atoms with Crippen molar-refractivity contribution in [3.63, 3.8) is 0 Å². The first-order valence-corrected chi connectivity index (χ1v) is 17.5. The van der Waals surface area contributed by atoms with E-state index in [1.54, 1.807) is 14.2 Å². The van der Waals surface area contributed by atoms with Crippen molar-refractivity contribution in [2.24, 2.45) is 5.41 Å². The molecule has 2 fully saturated rings. The molecule has 0 bridgehead atoms. The third-order valence-electron chi connectivity index (χ3n) is 10.3. The lowest BCUT2D eigenvalue weighted by Gasteiger charge is -2.36. The van der Waals surface area contributed by atoms with Crippen LogP contribution in [0.5, 0.6) is 11.5 Å². The van der Waals surface area contributed by atoms with Gasteiger partial charge < -0.3 is 39.4 Å². The number of ether oxygens (including phenoxy) is 3. The van der Waals surface area contributed by atoms with Crippen LogP contribution in [0.15, 0.2) is 66.7 Å². The van der Waals surface area contributed by atoms with Gasteiger partial charge >= 0.3 is 0 Å². The molecule has 3 heterocycles. The molecule has 1 atom stereocenters. The maximum atomic E-state index is 13.9. The SMILES string of the molecule is CCOCCn1c(NC2CCN(CCC3(Cc4ccccc4)CCN(C(=O)c4cc(C)c(OC)c(OC)c4)C3)CC2)nc2ccccc21.O. The molecule has 1 amide bonds. The van der Waals surface area contributed by atoms with Gasteiger partial charge in [-0.1, -0.05) is 42.5 Å². The van der Waals surface area contributed by atoms with Crippen molar-refractivity contribution in [2.75, 3.05) is 65.5 Å². The Morgan fingerprint density at radius 2 is 1.73 bits per heavy atom. The minimum Gasteiger partial charge on any atom is -0.493 e. The first-order chi connectivity index (χ1) is 23.4. The summed E-state index contributed by atoms with van der Waals surface area (Å²) in [6, 6.07) is 23.2. The third-order valence-corrected chi connectivity index (χ3v) is 10.3. The molecule has 2 saturated heterocycles. The van der Waals surface area contributed by atoms with Crippen molar-refractivity contribution in [2.45, 2.75) is 58.5 Å². The van der Waals surface area contributed by atoms with Gasteiger partial charge in [0.15, 0.2) is 11.5 Å². The fraction of sp³-hybridized carbons (Fsp3) is 0.487. The summed E-state index contributed by atoms with van der Waals surface area (Å²) in [4.78, 5) is 23.5. The van der Waals surface area contributed by atoms with E-state index < -0.39 is 0 Å². The fourth-order valence-corrected chi connectivity index (χ4v) is 7.63. The average molecular weight is 672 g/mol. The van der Waals surface area contributed by atoms with Crippen LogP contribution in [0.2, 0.25) is 0 Å². The topological polar surface area (TPSA) is 113 Å².